The molecule has 0 spiro atoms. The van der Waals surface area contributed by atoms with Gasteiger partial charge in [-0.3, -0.25) is 4.40 Å². The minimum atomic E-state index is -0.215. The average Bonchev–Trinajstić information content (AvgIpc) is 3.10. The fourth-order valence-electron chi connectivity index (χ4n) is 3.48. The second kappa shape index (κ2) is 7.77. The number of ether oxygens (including phenoxy) is 2. The Labute approximate surface area is 184 Å². The molecule has 31 heavy (non-hydrogen) atoms. The van der Waals surface area contributed by atoms with Crippen LogP contribution in [0.1, 0.15) is 41.5 Å². The summed E-state index contributed by atoms with van der Waals surface area (Å²) in [4.78, 5) is 4.58. The quantitative estimate of drug-likeness (QED) is 0.360. The van der Waals surface area contributed by atoms with E-state index >= 15 is 0 Å². The molecule has 2 aromatic heterocycles. The molecule has 0 saturated carbocycles. The smallest absolute Gasteiger partial charge is 0.137 e. The molecule has 0 aliphatic carbocycles. The van der Waals surface area contributed by atoms with E-state index in [0.29, 0.717) is 0 Å². The SMILES string of the molecule is CC(C)(C)Oc1ccc(-c2ccc3ncc(-c4ccc(OC(C)(C)C)cc4)n3c2)cc1. The van der Waals surface area contributed by atoms with E-state index in [9.17, 15) is 0 Å². The summed E-state index contributed by atoms with van der Waals surface area (Å²) < 4.78 is 14.0. The lowest BCUT2D eigenvalue weighted by molar-refractivity contribution is 0.130. The molecule has 4 aromatic rings. The zero-order valence-corrected chi connectivity index (χ0v) is 19.1. The first-order valence-electron chi connectivity index (χ1n) is 10.6. The minimum absolute atomic E-state index is 0.209. The minimum Gasteiger partial charge on any atom is -0.488 e. The van der Waals surface area contributed by atoms with Gasteiger partial charge >= 0.3 is 0 Å². The monoisotopic (exact) mass is 414 g/mol. The Kier molecular flexibility index (Phi) is 5.26. The van der Waals surface area contributed by atoms with E-state index in [1.165, 1.54) is 0 Å². The van der Waals surface area contributed by atoms with Gasteiger partial charge in [-0.25, -0.2) is 4.98 Å². The molecule has 0 N–H and O–H groups in total. The topological polar surface area (TPSA) is 35.8 Å². The summed E-state index contributed by atoms with van der Waals surface area (Å²) in [5, 5.41) is 0. The van der Waals surface area contributed by atoms with E-state index in [4.69, 9.17) is 9.47 Å². The number of imidazole rings is 1. The predicted octanol–water partition coefficient (Wildman–Crippen LogP) is 7.02. The fourth-order valence-corrected chi connectivity index (χ4v) is 3.48. The van der Waals surface area contributed by atoms with Crippen LogP contribution in [0.5, 0.6) is 11.5 Å². The lowest BCUT2D eigenvalue weighted by atomic mass is 10.1. The molecule has 4 nitrogen and oxygen atoms in total. The van der Waals surface area contributed by atoms with Gasteiger partial charge in [0, 0.05) is 11.8 Å². The largest absolute Gasteiger partial charge is 0.488 e. The molecule has 4 rings (SSSR count). The van der Waals surface area contributed by atoms with Crippen LogP contribution in [-0.2, 0) is 0 Å². The number of nitrogens with zero attached hydrogens (tertiary/aromatic N) is 2. The highest BCUT2D eigenvalue weighted by atomic mass is 16.5. The van der Waals surface area contributed by atoms with Gasteiger partial charge in [0.2, 0.25) is 0 Å². The van der Waals surface area contributed by atoms with Gasteiger partial charge in [-0.1, -0.05) is 12.1 Å². The zero-order chi connectivity index (χ0) is 22.2. The molecule has 0 atom stereocenters. The number of pyridine rings is 1. The van der Waals surface area contributed by atoms with Gasteiger partial charge in [0.05, 0.1) is 11.9 Å². The summed E-state index contributed by atoms with van der Waals surface area (Å²) >= 11 is 0. The van der Waals surface area contributed by atoms with E-state index < -0.39 is 0 Å². The molecule has 0 aliphatic heterocycles. The molecule has 0 radical (unpaired) electrons. The molecule has 2 heterocycles. The Morgan fingerprint density at radius 2 is 1.10 bits per heavy atom. The second-order valence-electron chi connectivity index (χ2n) is 9.77. The standard InChI is InChI=1S/C27H30N2O2/c1-26(2,3)30-22-12-7-19(8-13-22)21-11-16-25-28-17-24(29(25)18-21)20-9-14-23(15-10-20)31-27(4,5)6/h7-18H,1-6H3. The molecule has 0 saturated heterocycles. The van der Waals surface area contributed by atoms with Gasteiger partial charge in [-0.05, 0) is 101 Å². The normalized spacial score (nSPS) is 12.2. The third-order valence-corrected chi connectivity index (χ3v) is 4.69. The maximum Gasteiger partial charge on any atom is 0.137 e. The van der Waals surface area contributed by atoms with Crippen molar-refractivity contribution in [2.45, 2.75) is 52.7 Å². The van der Waals surface area contributed by atoms with Crippen molar-refractivity contribution in [2.24, 2.45) is 0 Å². The summed E-state index contributed by atoms with van der Waals surface area (Å²) in [6.07, 6.45) is 4.05. The van der Waals surface area contributed by atoms with Crippen molar-refractivity contribution in [1.82, 2.24) is 9.38 Å². The van der Waals surface area contributed by atoms with Crippen molar-refractivity contribution in [3.8, 4) is 33.9 Å². The molecule has 2 aromatic carbocycles. The first-order chi connectivity index (χ1) is 14.6. The Bertz CT molecular complexity index is 1180. The molecular formula is C27H30N2O2. The number of benzene rings is 2. The summed E-state index contributed by atoms with van der Waals surface area (Å²) in [6.45, 7) is 12.3. The van der Waals surface area contributed by atoms with Crippen LogP contribution in [0.2, 0.25) is 0 Å². The Balaban J connectivity index is 1.64. The number of rotatable bonds is 4. The summed E-state index contributed by atoms with van der Waals surface area (Å²) in [5.41, 5.74) is 4.90. The van der Waals surface area contributed by atoms with Crippen molar-refractivity contribution in [1.29, 1.82) is 0 Å². The number of aromatic nitrogens is 2. The highest BCUT2D eigenvalue weighted by Crippen LogP contribution is 2.29. The van der Waals surface area contributed by atoms with Crippen molar-refractivity contribution >= 4 is 5.65 Å². The third kappa shape index (κ3) is 5.08. The van der Waals surface area contributed by atoms with Crippen molar-refractivity contribution in [2.75, 3.05) is 0 Å². The maximum atomic E-state index is 5.95. The van der Waals surface area contributed by atoms with Crippen LogP contribution in [0.15, 0.2) is 73.1 Å². The van der Waals surface area contributed by atoms with E-state index in [0.717, 1.165) is 39.5 Å². The lowest BCUT2D eigenvalue weighted by Crippen LogP contribution is -2.22. The van der Waals surface area contributed by atoms with E-state index in [1.807, 2.05) is 30.5 Å². The first kappa shape index (κ1) is 21.0. The van der Waals surface area contributed by atoms with Gasteiger partial charge < -0.3 is 9.47 Å². The fraction of sp³-hybridized carbons (Fsp3) is 0.296. The highest BCUT2D eigenvalue weighted by Gasteiger charge is 2.14. The van der Waals surface area contributed by atoms with Gasteiger partial charge in [-0.15, -0.1) is 0 Å². The van der Waals surface area contributed by atoms with E-state index in [-0.39, 0.29) is 11.2 Å². The number of hydrogen-bond acceptors (Lipinski definition) is 3. The van der Waals surface area contributed by atoms with Crippen LogP contribution in [0.4, 0.5) is 0 Å². The van der Waals surface area contributed by atoms with Gasteiger partial charge in [-0.2, -0.15) is 0 Å². The zero-order valence-electron chi connectivity index (χ0n) is 19.1. The maximum absolute atomic E-state index is 5.95. The van der Waals surface area contributed by atoms with Crippen molar-refractivity contribution < 1.29 is 9.47 Å². The molecule has 0 bridgehead atoms. The number of fused-ring (bicyclic) bond motifs is 1. The summed E-state index contributed by atoms with van der Waals surface area (Å²) in [5.74, 6) is 1.74. The molecule has 0 fully saturated rings. The molecule has 0 aliphatic rings. The van der Waals surface area contributed by atoms with Crippen LogP contribution >= 0.6 is 0 Å². The van der Waals surface area contributed by atoms with Crippen LogP contribution in [0.25, 0.3) is 28.0 Å². The summed E-state index contributed by atoms with van der Waals surface area (Å²) in [6, 6.07) is 20.6. The van der Waals surface area contributed by atoms with Gasteiger partial charge in [0.1, 0.15) is 28.3 Å². The summed E-state index contributed by atoms with van der Waals surface area (Å²) in [7, 11) is 0. The third-order valence-electron chi connectivity index (χ3n) is 4.69. The number of hydrogen-bond donors (Lipinski definition) is 0. The molecule has 4 heteroatoms. The first-order valence-corrected chi connectivity index (χ1v) is 10.6. The average molecular weight is 415 g/mol. The van der Waals surface area contributed by atoms with Gasteiger partial charge in [0.25, 0.3) is 0 Å². The highest BCUT2D eigenvalue weighted by molar-refractivity contribution is 5.69. The second-order valence-corrected chi connectivity index (χ2v) is 9.77. The van der Waals surface area contributed by atoms with E-state index in [1.54, 1.807) is 0 Å². The molecule has 160 valence electrons. The Morgan fingerprint density at radius 1 is 0.613 bits per heavy atom. The van der Waals surface area contributed by atoms with Crippen LogP contribution in [-0.4, -0.2) is 20.6 Å². The Hall–Kier alpha value is -3.27. The van der Waals surface area contributed by atoms with E-state index in [2.05, 4.69) is 93.5 Å². The van der Waals surface area contributed by atoms with Crippen molar-refractivity contribution in [3.05, 3.63) is 73.1 Å². The van der Waals surface area contributed by atoms with Crippen LogP contribution in [0, 0.1) is 0 Å². The lowest BCUT2D eigenvalue weighted by Gasteiger charge is -2.21. The van der Waals surface area contributed by atoms with Crippen LogP contribution < -0.4 is 9.47 Å². The molecular weight excluding hydrogens is 384 g/mol. The van der Waals surface area contributed by atoms with Gasteiger partial charge in [0.15, 0.2) is 0 Å². The molecule has 0 unspecified atom stereocenters. The predicted molar refractivity (Wildman–Crippen MR) is 127 cm³/mol. The molecule has 0 amide bonds. The van der Waals surface area contributed by atoms with Crippen LogP contribution in [0.3, 0.4) is 0 Å². The van der Waals surface area contributed by atoms with Crippen molar-refractivity contribution in [3.63, 3.8) is 0 Å². The Morgan fingerprint density at radius 3 is 1.61 bits per heavy atom.